The summed E-state index contributed by atoms with van der Waals surface area (Å²) in [5.74, 6) is 0.785. The lowest BCUT2D eigenvalue weighted by molar-refractivity contribution is 0.0932. The molecule has 4 rings (SSSR count). The van der Waals surface area contributed by atoms with Gasteiger partial charge in [0, 0.05) is 16.8 Å². The highest BCUT2D eigenvalue weighted by Gasteiger charge is 2.26. The summed E-state index contributed by atoms with van der Waals surface area (Å²) >= 11 is 0. The molecule has 1 aliphatic carbocycles. The van der Waals surface area contributed by atoms with E-state index in [2.05, 4.69) is 10.4 Å². The van der Waals surface area contributed by atoms with Crippen molar-refractivity contribution in [2.75, 3.05) is 7.11 Å². The molecular weight excluding hydrogens is 338 g/mol. The Morgan fingerprint density at radius 1 is 1.15 bits per heavy atom. The zero-order valence-electron chi connectivity index (χ0n) is 15.6. The number of ether oxygens (including phenoxy) is 1. The Hall–Kier alpha value is -3.08. The Bertz CT molecular complexity index is 943. The van der Waals surface area contributed by atoms with Gasteiger partial charge in [-0.05, 0) is 62.6 Å². The van der Waals surface area contributed by atoms with Crippen LogP contribution in [0.1, 0.15) is 46.1 Å². The minimum absolute atomic E-state index is 0.00504. The average molecular weight is 361 g/mol. The van der Waals surface area contributed by atoms with Crippen molar-refractivity contribution in [3.05, 3.63) is 77.1 Å². The van der Waals surface area contributed by atoms with Crippen LogP contribution in [0.3, 0.4) is 0 Å². The number of benzene rings is 2. The fourth-order valence-corrected chi connectivity index (χ4v) is 3.60. The molecule has 27 heavy (non-hydrogen) atoms. The van der Waals surface area contributed by atoms with Gasteiger partial charge in [0.1, 0.15) is 5.75 Å². The predicted octanol–water partition coefficient (Wildman–Crippen LogP) is 4.00. The zero-order valence-corrected chi connectivity index (χ0v) is 15.6. The normalized spacial score (nSPS) is 15.9. The molecule has 0 fully saturated rings. The van der Waals surface area contributed by atoms with E-state index in [-0.39, 0.29) is 11.9 Å². The highest BCUT2D eigenvalue weighted by atomic mass is 16.5. The first-order chi connectivity index (χ1) is 13.2. The molecule has 1 atom stereocenters. The summed E-state index contributed by atoms with van der Waals surface area (Å²) in [6.07, 6.45) is 4.80. The molecule has 0 aliphatic heterocycles. The number of nitrogens with one attached hydrogen (secondary N) is 1. The maximum Gasteiger partial charge on any atom is 0.251 e. The maximum atomic E-state index is 12.6. The van der Waals surface area contributed by atoms with Gasteiger partial charge in [0.05, 0.1) is 25.0 Å². The second kappa shape index (κ2) is 7.27. The van der Waals surface area contributed by atoms with E-state index in [1.807, 2.05) is 66.3 Å². The molecule has 5 nitrogen and oxygen atoms in total. The van der Waals surface area contributed by atoms with E-state index in [0.717, 1.165) is 41.8 Å². The molecule has 1 amide bonds. The lowest BCUT2D eigenvalue weighted by Gasteiger charge is -2.24. The van der Waals surface area contributed by atoms with E-state index in [4.69, 9.17) is 4.74 Å². The second-order valence-electron chi connectivity index (χ2n) is 6.94. The van der Waals surface area contributed by atoms with Crippen molar-refractivity contribution in [1.82, 2.24) is 15.1 Å². The number of aromatic nitrogens is 2. The third kappa shape index (κ3) is 3.45. The number of nitrogens with zero attached hydrogens (tertiary/aromatic N) is 2. The van der Waals surface area contributed by atoms with Crippen LogP contribution in [-0.2, 0) is 6.42 Å². The molecule has 1 heterocycles. The Balaban J connectivity index is 1.57. The highest BCUT2D eigenvalue weighted by molar-refractivity contribution is 5.94. The minimum atomic E-state index is -0.0370. The third-order valence-corrected chi connectivity index (χ3v) is 5.12. The van der Waals surface area contributed by atoms with Crippen LogP contribution in [0.15, 0.2) is 54.7 Å². The topological polar surface area (TPSA) is 56.1 Å². The third-order valence-electron chi connectivity index (χ3n) is 5.12. The Morgan fingerprint density at radius 3 is 2.59 bits per heavy atom. The van der Waals surface area contributed by atoms with E-state index in [0.29, 0.717) is 5.56 Å². The largest absolute Gasteiger partial charge is 0.497 e. The first-order valence-electron chi connectivity index (χ1n) is 9.24. The molecule has 3 aromatic rings. The standard InChI is InChI=1S/C22H23N3O2/c1-15-6-8-16(9-7-15)22(26)24-20-4-3-5-21-19(20)14-23-25(21)17-10-12-18(27-2)13-11-17/h6-14,20H,3-5H2,1-2H3,(H,24,26). The van der Waals surface area contributed by atoms with Crippen LogP contribution in [-0.4, -0.2) is 22.8 Å². The van der Waals surface area contributed by atoms with Crippen molar-refractivity contribution in [1.29, 1.82) is 0 Å². The number of carbonyl (C=O) groups is 1. The van der Waals surface area contributed by atoms with Gasteiger partial charge in [0.15, 0.2) is 0 Å². The molecule has 0 radical (unpaired) electrons. The Kier molecular flexibility index (Phi) is 4.67. The molecule has 1 unspecified atom stereocenters. The monoisotopic (exact) mass is 361 g/mol. The first kappa shape index (κ1) is 17.3. The molecule has 5 heteroatoms. The Labute approximate surface area is 159 Å². The van der Waals surface area contributed by atoms with Crippen molar-refractivity contribution in [3.8, 4) is 11.4 Å². The SMILES string of the molecule is COc1ccc(-n2ncc3c2CCCC3NC(=O)c2ccc(C)cc2)cc1. The number of hydrogen-bond donors (Lipinski definition) is 1. The minimum Gasteiger partial charge on any atom is -0.497 e. The van der Waals surface area contributed by atoms with E-state index >= 15 is 0 Å². The van der Waals surface area contributed by atoms with Crippen LogP contribution in [0.4, 0.5) is 0 Å². The molecule has 0 bridgehead atoms. The number of methoxy groups -OCH3 is 1. The first-order valence-corrected chi connectivity index (χ1v) is 9.24. The van der Waals surface area contributed by atoms with Gasteiger partial charge in [0.25, 0.3) is 5.91 Å². The van der Waals surface area contributed by atoms with Crippen molar-refractivity contribution >= 4 is 5.91 Å². The highest BCUT2D eigenvalue weighted by Crippen LogP contribution is 2.31. The van der Waals surface area contributed by atoms with Gasteiger partial charge in [-0.3, -0.25) is 4.79 Å². The molecule has 2 aromatic carbocycles. The van der Waals surface area contributed by atoms with E-state index in [1.165, 1.54) is 5.69 Å². The number of rotatable bonds is 4. The van der Waals surface area contributed by atoms with Crippen LogP contribution < -0.4 is 10.1 Å². The van der Waals surface area contributed by atoms with Gasteiger partial charge in [-0.15, -0.1) is 0 Å². The summed E-state index contributed by atoms with van der Waals surface area (Å²) < 4.78 is 7.20. The van der Waals surface area contributed by atoms with E-state index in [9.17, 15) is 4.79 Å². The van der Waals surface area contributed by atoms with Gasteiger partial charge in [-0.25, -0.2) is 4.68 Å². The van der Waals surface area contributed by atoms with E-state index in [1.54, 1.807) is 7.11 Å². The predicted molar refractivity (Wildman–Crippen MR) is 104 cm³/mol. The van der Waals surface area contributed by atoms with Crippen molar-refractivity contribution < 1.29 is 9.53 Å². The van der Waals surface area contributed by atoms with Crippen LogP contribution in [0.25, 0.3) is 5.69 Å². The van der Waals surface area contributed by atoms with Gasteiger partial charge >= 0.3 is 0 Å². The van der Waals surface area contributed by atoms with Crippen molar-refractivity contribution in [2.24, 2.45) is 0 Å². The molecule has 0 saturated carbocycles. The summed E-state index contributed by atoms with van der Waals surface area (Å²) in [5, 5.41) is 7.77. The Morgan fingerprint density at radius 2 is 1.89 bits per heavy atom. The summed E-state index contributed by atoms with van der Waals surface area (Å²) in [4.78, 5) is 12.6. The number of aryl methyl sites for hydroxylation is 1. The number of amides is 1. The van der Waals surface area contributed by atoms with E-state index < -0.39 is 0 Å². The maximum absolute atomic E-state index is 12.6. The fraction of sp³-hybridized carbons (Fsp3) is 0.273. The van der Waals surface area contributed by atoms with Crippen LogP contribution in [0.2, 0.25) is 0 Å². The number of hydrogen-bond acceptors (Lipinski definition) is 3. The van der Waals surface area contributed by atoms with Gasteiger partial charge < -0.3 is 10.1 Å². The van der Waals surface area contributed by atoms with Crippen LogP contribution in [0, 0.1) is 6.92 Å². The van der Waals surface area contributed by atoms with Crippen LogP contribution >= 0.6 is 0 Å². The summed E-state index contributed by atoms with van der Waals surface area (Å²) in [6.45, 7) is 2.02. The molecule has 1 aromatic heterocycles. The quantitative estimate of drug-likeness (QED) is 0.764. The van der Waals surface area contributed by atoms with Crippen molar-refractivity contribution in [3.63, 3.8) is 0 Å². The number of fused-ring (bicyclic) bond motifs is 1. The summed E-state index contributed by atoms with van der Waals surface area (Å²) in [6, 6.07) is 15.5. The zero-order chi connectivity index (χ0) is 18.8. The molecule has 138 valence electrons. The second-order valence-corrected chi connectivity index (χ2v) is 6.94. The molecule has 0 spiro atoms. The molecular formula is C22H23N3O2. The van der Waals surface area contributed by atoms with Crippen LogP contribution in [0.5, 0.6) is 5.75 Å². The summed E-state index contributed by atoms with van der Waals surface area (Å²) in [5.41, 5.74) is 5.11. The smallest absolute Gasteiger partial charge is 0.251 e. The molecule has 0 saturated heterocycles. The van der Waals surface area contributed by atoms with Gasteiger partial charge in [-0.1, -0.05) is 17.7 Å². The fourth-order valence-electron chi connectivity index (χ4n) is 3.60. The average Bonchev–Trinajstić information content (AvgIpc) is 3.14. The number of carbonyl (C=O) groups excluding carboxylic acids is 1. The summed E-state index contributed by atoms with van der Waals surface area (Å²) in [7, 11) is 1.66. The van der Waals surface area contributed by atoms with Gasteiger partial charge in [-0.2, -0.15) is 5.10 Å². The lowest BCUT2D eigenvalue weighted by atomic mass is 9.92. The van der Waals surface area contributed by atoms with Crippen molar-refractivity contribution in [2.45, 2.75) is 32.2 Å². The molecule has 1 N–H and O–H groups in total. The lowest BCUT2D eigenvalue weighted by Crippen LogP contribution is -2.31. The molecule has 1 aliphatic rings. The van der Waals surface area contributed by atoms with Gasteiger partial charge in [0.2, 0.25) is 0 Å².